The third-order valence-electron chi connectivity index (χ3n) is 2.97. The molecule has 2 heterocycles. The number of hydrogen-bond donors (Lipinski definition) is 0. The number of halogens is 1. The summed E-state index contributed by atoms with van der Waals surface area (Å²) in [4.78, 5) is 4.38. The van der Waals surface area contributed by atoms with Crippen LogP contribution in [-0.4, -0.2) is 18.2 Å². The lowest BCUT2D eigenvalue weighted by molar-refractivity contribution is -0.0298. The van der Waals surface area contributed by atoms with Gasteiger partial charge >= 0.3 is 0 Å². The average Bonchev–Trinajstić information content (AvgIpc) is 2.79. The largest absolute Gasteiger partial charge is 0.377 e. The molecule has 0 N–H and O–H groups in total. The minimum absolute atomic E-state index is 0.301. The second-order valence-corrected chi connectivity index (χ2v) is 5.06. The van der Waals surface area contributed by atoms with Gasteiger partial charge in [0, 0.05) is 10.9 Å². The molecule has 0 unspecified atom stereocenters. The van der Waals surface area contributed by atoms with Crippen molar-refractivity contribution >= 4 is 11.3 Å². The molecule has 0 aliphatic carbocycles. The third-order valence-corrected chi connectivity index (χ3v) is 4.02. The summed E-state index contributed by atoms with van der Waals surface area (Å²) in [6.45, 7) is 0.738. The molecule has 0 saturated carbocycles. The van der Waals surface area contributed by atoms with Crippen LogP contribution in [0.1, 0.15) is 5.01 Å². The summed E-state index contributed by atoms with van der Waals surface area (Å²) < 4.78 is 18.7. The van der Waals surface area contributed by atoms with Crippen LogP contribution in [0.4, 0.5) is 4.39 Å². The number of ether oxygens (including phenoxy) is 1. The molecule has 0 radical (unpaired) electrons. The third kappa shape index (κ3) is 1.62. The molecule has 1 fully saturated rings. The molecule has 0 amide bonds. The number of hydrogen-bond acceptors (Lipinski definition) is 4. The molecule has 3 nitrogen and oxygen atoms in total. The number of aromatic nitrogens is 1. The lowest BCUT2D eigenvalue weighted by Crippen LogP contribution is -2.45. The molecule has 1 aliphatic rings. The standard InChI is InChI=1S/C13H9FN2OS/c14-10-4-2-1-3-9(10)11-5-18-12(16-11)13(6-15)7-17-8-13/h1-5H,7-8H2. The van der Waals surface area contributed by atoms with E-state index in [-0.39, 0.29) is 5.82 Å². The van der Waals surface area contributed by atoms with Crippen LogP contribution in [0.2, 0.25) is 0 Å². The number of nitrogens with zero attached hydrogens (tertiary/aromatic N) is 2. The first kappa shape index (κ1) is 11.3. The van der Waals surface area contributed by atoms with Crippen molar-refractivity contribution in [2.75, 3.05) is 13.2 Å². The van der Waals surface area contributed by atoms with E-state index >= 15 is 0 Å². The van der Waals surface area contributed by atoms with Gasteiger partial charge in [0.25, 0.3) is 0 Å². The summed E-state index contributed by atoms with van der Waals surface area (Å²) in [5.74, 6) is -0.301. The van der Waals surface area contributed by atoms with Crippen LogP contribution in [-0.2, 0) is 10.2 Å². The minimum atomic E-state index is -0.631. The Labute approximate surface area is 107 Å². The van der Waals surface area contributed by atoms with Gasteiger partial charge in [0.2, 0.25) is 0 Å². The van der Waals surface area contributed by atoms with E-state index in [0.29, 0.717) is 29.5 Å². The molecule has 2 aromatic rings. The van der Waals surface area contributed by atoms with Gasteiger partial charge in [0.1, 0.15) is 10.8 Å². The number of benzene rings is 1. The SMILES string of the molecule is N#CC1(c2nc(-c3ccccc3F)cs2)COC1. The zero-order chi connectivity index (χ0) is 12.6. The molecule has 1 aromatic heterocycles. The van der Waals surface area contributed by atoms with Crippen LogP contribution < -0.4 is 0 Å². The quantitative estimate of drug-likeness (QED) is 0.834. The molecule has 0 bridgehead atoms. The molecular formula is C13H9FN2OS. The molecule has 5 heteroatoms. The average molecular weight is 260 g/mol. The van der Waals surface area contributed by atoms with E-state index in [4.69, 9.17) is 4.74 Å². The van der Waals surface area contributed by atoms with Crippen molar-refractivity contribution in [3.8, 4) is 17.3 Å². The Morgan fingerprint density at radius 2 is 2.17 bits per heavy atom. The Morgan fingerprint density at radius 3 is 2.78 bits per heavy atom. The van der Waals surface area contributed by atoms with E-state index in [1.807, 2.05) is 0 Å². The van der Waals surface area contributed by atoms with Gasteiger partial charge in [-0.25, -0.2) is 9.37 Å². The van der Waals surface area contributed by atoms with Gasteiger partial charge in [-0.15, -0.1) is 11.3 Å². The van der Waals surface area contributed by atoms with E-state index < -0.39 is 5.41 Å². The molecule has 18 heavy (non-hydrogen) atoms. The lowest BCUT2D eigenvalue weighted by atomic mass is 9.89. The van der Waals surface area contributed by atoms with E-state index in [0.717, 1.165) is 0 Å². The van der Waals surface area contributed by atoms with Crippen LogP contribution in [0.15, 0.2) is 29.6 Å². The molecule has 90 valence electrons. The smallest absolute Gasteiger partial charge is 0.155 e. The first-order chi connectivity index (χ1) is 8.75. The maximum atomic E-state index is 13.6. The first-order valence-corrected chi connectivity index (χ1v) is 6.33. The number of nitriles is 1. The molecule has 1 saturated heterocycles. The second kappa shape index (κ2) is 4.16. The zero-order valence-corrected chi connectivity index (χ0v) is 10.2. The van der Waals surface area contributed by atoms with Crippen molar-refractivity contribution in [3.05, 3.63) is 40.5 Å². The summed E-state index contributed by atoms with van der Waals surface area (Å²) >= 11 is 1.38. The fraction of sp³-hybridized carbons (Fsp3) is 0.231. The first-order valence-electron chi connectivity index (χ1n) is 5.45. The Morgan fingerprint density at radius 1 is 1.39 bits per heavy atom. The van der Waals surface area contributed by atoms with Crippen molar-refractivity contribution in [1.29, 1.82) is 5.26 Å². The molecule has 0 atom stereocenters. The highest BCUT2D eigenvalue weighted by molar-refractivity contribution is 7.10. The highest BCUT2D eigenvalue weighted by Crippen LogP contribution is 2.36. The van der Waals surface area contributed by atoms with Gasteiger partial charge in [-0.05, 0) is 12.1 Å². The van der Waals surface area contributed by atoms with Crippen LogP contribution >= 0.6 is 11.3 Å². The van der Waals surface area contributed by atoms with Crippen molar-refractivity contribution < 1.29 is 9.13 Å². The van der Waals surface area contributed by atoms with Crippen molar-refractivity contribution in [2.24, 2.45) is 0 Å². The van der Waals surface area contributed by atoms with Gasteiger partial charge in [-0.1, -0.05) is 12.1 Å². The Balaban J connectivity index is 2.00. The van der Waals surface area contributed by atoms with E-state index in [1.165, 1.54) is 17.4 Å². The zero-order valence-electron chi connectivity index (χ0n) is 9.39. The van der Waals surface area contributed by atoms with Gasteiger partial charge in [0.05, 0.1) is 25.0 Å². The van der Waals surface area contributed by atoms with Gasteiger partial charge in [0.15, 0.2) is 5.41 Å². The summed E-state index contributed by atoms with van der Waals surface area (Å²) in [6.07, 6.45) is 0. The fourth-order valence-corrected chi connectivity index (χ4v) is 2.77. The summed E-state index contributed by atoms with van der Waals surface area (Å²) in [5, 5.41) is 11.7. The highest BCUT2D eigenvalue weighted by atomic mass is 32.1. The fourth-order valence-electron chi connectivity index (χ4n) is 1.83. The molecule has 1 aromatic carbocycles. The molecule has 3 rings (SSSR count). The predicted molar refractivity (Wildman–Crippen MR) is 65.6 cm³/mol. The Bertz CT molecular complexity index is 628. The predicted octanol–water partition coefficient (Wildman–Crippen LogP) is 2.74. The van der Waals surface area contributed by atoms with E-state index in [2.05, 4.69) is 11.1 Å². The Hall–Kier alpha value is -1.77. The van der Waals surface area contributed by atoms with E-state index in [9.17, 15) is 9.65 Å². The summed E-state index contributed by atoms with van der Waals surface area (Å²) in [6, 6.07) is 8.74. The molecule has 0 spiro atoms. The summed E-state index contributed by atoms with van der Waals surface area (Å²) in [5.41, 5.74) is 0.414. The molecular weight excluding hydrogens is 251 g/mol. The maximum Gasteiger partial charge on any atom is 0.155 e. The number of rotatable bonds is 2. The minimum Gasteiger partial charge on any atom is -0.377 e. The van der Waals surface area contributed by atoms with Gasteiger partial charge in [-0.2, -0.15) is 5.26 Å². The monoisotopic (exact) mass is 260 g/mol. The van der Waals surface area contributed by atoms with Crippen molar-refractivity contribution in [3.63, 3.8) is 0 Å². The van der Waals surface area contributed by atoms with Crippen LogP contribution in [0.3, 0.4) is 0 Å². The van der Waals surface area contributed by atoms with E-state index in [1.54, 1.807) is 23.6 Å². The number of thiazole rings is 1. The normalized spacial score (nSPS) is 16.9. The van der Waals surface area contributed by atoms with Gasteiger partial charge < -0.3 is 4.74 Å². The van der Waals surface area contributed by atoms with Crippen molar-refractivity contribution in [1.82, 2.24) is 4.98 Å². The maximum absolute atomic E-state index is 13.6. The van der Waals surface area contributed by atoms with Crippen LogP contribution in [0, 0.1) is 17.1 Å². The van der Waals surface area contributed by atoms with Crippen molar-refractivity contribution in [2.45, 2.75) is 5.41 Å². The second-order valence-electron chi connectivity index (χ2n) is 4.20. The van der Waals surface area contributed by atoms with Gasteiger partial charge in [-0.3, -0.25) is 0 Å². The Kier molecular flexibility index (Phi) is 2.62. The topological polar surface area (TPSA) is 45.9 Å². The highest BCUT2D eigenvalue weighted by Gasteiger charge is 2.43. The summed E-state index contributed by atoms with van der Waals surface area (Å²) in [7, 11) is 0. The van der Waals surface area contributed by atoms with Crippen LogP contribution in [0.5, 0.6) is 0 Å². The van der Waals surface area contributed by atoms with Crippen LogP contribution in [0.25, 0.3) is 11.3 Å². The lowest BCUT2D eigenvalue weighted by Gasteiger charge is -2.32. The molecule has 1 aliphatic heterocycles.